The molecule has 0 saturated carbocycles. The van der Waals surface area contributed by atoms with Crippen LogP contribution < -0.4 is 15.8 Å². The van der Waals surface area contributed by atoms with Crippen LogP contribution in [0.2, 0.25) is 5.02 Å². The van der Waals surface area contributed by atoms with E-state index in [-0.39, 0.29) is 5.91 Å². The summed E-state index contributed by atoms with van der Waals surface area (Å²) in [5.41, 5.74) is 8.93. The first-order chi connectivity index (χ1) is 12.3. The Bertz CT molecular complexity index is 834. The summed E-state index contributed by atoms with van der Waals surface area (Å²) >= 11 is 6.42. The fourth-order valence-corrected chi connectivity index (χ4v) is 3.64. The number of fused-ring (bicyclic) bond motifs is 1. The van der Waals surface area contributed by atoms with Crippen molar-refractivity contribution in [3.8, 4) is 16.9 Å². The number of rotatable bonds is 6. The Morgan fingerprint density at radius 1 is 1.38 bits per heavy atom. The molecule has 1 unspecified atom stereocenters. The highest BCUT2D eigenvalue weighted by Gasteiger charge is 2.25. The van der Waals surface area contributed by atoms with Gasteiger partial charge in [-0.05, 0) is 48.6 Å². The number of aromatic nitrogens is 1. The molecule has 0 aliphatic carbocycles. The van der Waals surface area contributed by atoms with Gasteiger partial charge in [0.25, 0.3) is 5.91 Å². The van der Waals surface area contributed by atoms with Gasteiger partial charge in [-0.25, -0.2) is 0 Å². The van der Waals surface area contributed by atoms with Crippen LogP contribution in [-0.2, 0) is 6.54 Å². The number of carbonyl (C=O) groups excluding carboxylic acids is 1. The molecule has 5 nitrogen and oxygen atoms in total. The molecule has 1 aromatic carbocycles. The zero-order valence-electron chi connectivity index (χ0n) is 15.3. The Balaban J connectivity index is 1.81. The van der Waals surface area contributed by atoms with Gasteiger partial charge in [-0.2, -0.15) is 0 Å². The van der Waals surface area contributed by atoms with Gasteiger partial charge >= 0.3 is 0 Å². The minimum atomic E-state index is -0.416. The summed E-state index contributed by atoms with van der Waals surface area (Å²) in [6.07, 6.45) is 2.57. The summed E-state index contributed by atoms with van der Waals surface area (Å²) < 4.78 is 5.86. The Hall–Kier alpha value is -2.11. The number of nitrogens with two attached hydrogens (primary N) is 1. The van der Waals surface area contributed by atoms with Gasteiger partial charge in [0.05, 0.1) is 22.8 Å². The molecule has 2 aromatic rings. The zero-order valence-corrected chi connectivity index (χ0v) is 16.1. The number of hydrogen-bond acceptors (Lipinski definition) is 4. The molecule has 3 N–H and O–H groups in total. The van der Waals surface area contributed by atoms with Crippen LogP contribution in [0.15, 0.2) is 30.5 Å². The first-order valence-corrected chi connectivity index (χ1v) is 9.12. The van der Waals surface area contributed by atoms with Crippen LogP contribution in [0, 0.1) is 5.92 Å². The normalized spacial score (nSPS) is 15.5. The first kappa shape index (κ1) is 18.7. The maximum atomic E-state index is 12.1. The van der Waals surface area contributed by atoms with E-state index in [2.05, 4.69) is 24.1 Å². The Morgan fingerprint density at radius 2 is 2.15 bits per heavy atom. The molecule has 1 aromatic heterocycles. The quantitative estimate of drug-likeness (QED) is 0.807. The van der Waals surface area contributed by atoms with Crippen molar-refractivity contribution in [3.63, 3.8) is 0 Å². The van der Waals surface area contributed by atoms with Gasteiger partial charge in [0.1, 0.15) is 12.4 Å². The lowest BCUT2D eigenvalue weighted by Gasteiger charge is -2.26. The molecular formula is C20H24ClN3O2. The maximum Gasteiger partial charge on any atom is 0.254 e. The molecule has 3 rings (SSSR count). The third-order valence-electron chi connectivity index (χ3n) is 4.35. The van der Waals surface area contributed by atoms with Crippen LogP contribution in [0.25, 0.3) is 11.1 Å². The van der Waals surface area contributed by atoms with Gasteiger partial charge in [0, 0.05) is 11.7 Å². The fourth-order valence-electron chi connectivity index (χ4n) is 3.41. The molecule has 138 valence electrons. The Kier molecular flexibility index (Phi) is 5.21. The highest BCUT2D eigenvalue weighted by molar-refractivity contribution is 6.32. The number of pyridine rings is 1. The molecule has 26 heavy (non-hydrogen) atoms. The van der Waals surface area contributed by atoms with E-state index >= 15 is 0 Å². The van der Waals surface area contributed by atoms with E-state index in [9.17, 15) is 4.79 Å². The average Bonchev–Trinajstić information content (AvgIpc) is 2.94. The largest absolute Gasteiger partial charge is 0.490 e. The molecule has 0 saturated heterocycles. The van der Waals surface area contributed by atoms with E-state index in [1.165, 1.54) is 0 Å². The van der Waals surface area contributed by atoms with Crippen molar-refractivity contribution in [2.24, 2.45) is 11.7 Å². The van der Waals surface area contributed by atoms with E-state index in [0.717, 1.165) is 23.2 Å². The fraction of sp³-hybridized carbons (Fsp3) is 0.400. The number of hydrogen-bond donors (Lipinski definition) is 2. The molecule has 0 spiro atoms. The summed E-state index contributed by atoms with van der Waals surface area (Å²) in [6.45, 7) is 7.10. The molecule has 1 atom stereocenters. The Morgan fingerprint density at radius 3 is 2.85 bits per heavy atom. The van der Waals surface area contributed by atoms with Crippen molar-refractivity contribution in [2.45, 2.75) is 39.3 Å². The van der Waals surface area contributed by atoms with Crippen molar-refractivity contribution >= 4 is 17.5 Å². The van der Waals surface area contributed by atoms with Crippen LogP contribution in [0.5, 0.6) is 5.75 Å². The van der Waals surface area contributed by atoms with Crippen LogP contribution in [0.4, 0.5) is 0 Å². The molecule has 6 heteroatoms. The number of amides is 1. The van der Waals surface area contributed by atoms with E-state index < -0.39 is 5.54 Å². The van der Waals surface area contributed by atoms with Gasteiger partial charge in [-0.1, -0.05) is 31.5 Å². The van der Waals surface area contributed by atoms with Crippen LogP contribution in [0.3, 0.4) is 0 Å². The summed E-state index contributed by atoms with van der Waals surface area (Å²) in [7, 11) is 0. The number of carbonyl (C=O) groups is 1. The Labute approximate surface area is 158 Å². The summed E-state index contributed by atoms with van der Waals surface area (Å²) in [6, 6.07) is 7.37. The van der Waals surface area contributed by atoms with Gasteiger partial charge in [-0.15, -0.1) is 0 Å². The van der Waals surface area contributed by atoms with Gasteiger partial charge < -0.3 is 15.8 Å². The van der Waals surface area contributed by atoms with Gasteiger partial charge in [0.2, 0.25) is 0 Å². The summed E-state index contributed by atoms with van der Waals surface area (Å²) in [4.78, 5) is 16.4. The molecule has 0 bridgehead atoms. The van der Waals surface area contributed by atoms with Gasteiger partial charge in [-0.3, -0.25) is 9.78 Å². The number of nitrogens with zero attached hydrogens (tertiary/aromatic N) is 1. The minimum Gasteiger partial charge on any atom is -0.490 e. The second kappa shape index (κ2) is 7.25. The van der Waals surface area contributed by atoms with Crippen molar-refractivity contribution in [2.75, 3.05) is 6.61 Å². The third kappa shape index (κ3) is 4.00. The molecular weight excluding hydrogens is 350 g/mol. The van der Waals surface area contributed by atoms with Gasteiger partial charge in [0.15, 0.2) is 0 Å². The molecule has 1 amide bonds. The SMILES string of the molecule is CC(C)CC(C)(N)COc1ccc(-c2ccnc3c2C(=O)NC3)cc1Cl. The standard InChI is InChI=1S/C20H24ClN3O2/c1-12(2)9-20(3,22)11-26-17-5-4-13(8-15(17)21)14-6-7-23-16-10-24-19(25)18(14)16/h4-8,12H,9-11,22H2,1-3H3,(H,24,25). The highest BCUT2D eigenvalue weighted by Crippen LogP contribution is 2.34. The molecule has 0 radical (unpaired) electrons. The average molecular weight is 374 g/mol. The second-order valence-electron chi connectivity index (χ2n) is 7.55. The molecule has 1 aliphatic heterocycles. The summed E-state index contributed by atoms with van der Waals surface area (Å²) in [5, 5.41) is 3.29. The summed E-state index contributed by atoms with van der Waals surface area (Å²) in [5.74, 6) is 0.976. The molecule has 2 heterocycles. The number of ether oxygens (including phenoxy) is 1. The number of nitrogens with one attached hydrogen (secondary N) is 1. The van der Waals surface area contributed by atoms with Crippen molar-refractivity contribution in [1.29, 1.82) is 0 Å². The van der Waals surface area contributed by atoms with Crippen molar-refractivity contribution in [1.82, 2.24) is 10.3 Å². The van der Waals surface area contributed by atoms with E-state index in [1.54, 1.807) is 6.20 Å². The zero-order chi connectivity index (χ0) is 18.9. The number of benzene rings is 1. The highest BCUT2D eigenvalue weighted by atomic mass is 35.5. The lowest BCUT2D eigenvalue weighted by molar-refractivity contribution is 0.0966. The topological polar surface area (TPSA) is 77.2 Å². The van der Waals surface area contributed by atoms with E-state index in [1.807, 2.05) is 31.2 Å². The third-order valence-corrected chi connectivity index (χ3v) is 4.64. The first-order valence-electron chi connectivity index (χ1n) is 8.74. The van der Waals surface area contributed by atoms with Crippen LogP contribution >= 0.6 is 11.6 Å². The second-order valence-corrected chi connectivity index (χ2v) is 7.96. The van der Waals surface area contributed by atoms with Crippen molar-refractivity contribution in [3.05, 3.63) is 46.7 Å². The minimum absolute atomic E-state index is 0.105. The van der Waals surface area contributed by atoms with E-state index in [0.29, 0.717) is 35.4 Å². The predicted octanol–water partition coefficient (Wildman–Crippen LogP) is 3.79. The smallest absolute Gasteiger partial charge is 0.254 e. The maximum absolute atomic E-state index is 12.1. The lowest BCUT2D eigenvalue weighted by Crippen LogP contribution is -2.43. The predicted molar refractivity (Wildman–Crippen MR) is 103 cm³/mol. The number of halogens is 1. The van der Waals surface area contributed by atoms with Crippen LogP contribution in [0.1, 0.15) is 43.2 Å². The van der Waals surface area contributed by atoms with Crippen molar-refractivity contribution < 1.29 is 9.53 Å². The lowest BCUT2D eigenvalue weighted by atomic mass is 9.93. The molecule has 0 fully saturated rings. The van der Waals surface area contributed by atoms with E-state index in [4.69, 9.17) is 22.1 Å². The monoisotopic (exact) mass is 373 g/mol. The van der Waals surface area contributed by atoms with Crippen LogP contribution in [-0.4, -0.2) is 23.0 Å². The molecule has 1 aliphatic rings.